The zero-order chi connectivity index (χ0) is 19.6. The van der Waals surface area contributed by atoms with Crippen LogP contribution in [0.25, 0.3) is 11.0 Å². The van der Waals surface area contributed by atoms with E-state index < -0.39 is 10.8 Å². The number of nitrogens with zero attached hydrogens (tertiary/aromatic N) is 2. The summed E-state index contributed by atoms with van der Waals surface area (Å²) in [6, 6.07) is 9.45. The highest BCUT2D eigenvalue weighted by molar-refractivity contribution is 14.1. The molecule has 0 saturated heterocycles. The maximum atomic E-state index is 12.2. The third kappa shape index (κ3) is 4.37. The Morgan fingerprint density at radius 3 is 2.56 bits per heavy atom. The number of nitro benzene ring substituents is 1. The number of anilines is 1. The molecule has 1 aromatic heterocycles. The Morgan fingerprint density at radius 1 is 1.22 bits per heavy atom. The van der Waals surface area contributed by atoms with Crippen LogP contribution in [0, 0.1) is 17.3 Å². The fourth-order valence-corrected chi connectivity index (χ4v) is 4.74. The summed E-state index contributed by atoms with van der Waals surface area (Å²) in [4.78, 5) is 22.5. The standard InChI is InChI=1S/C17H12I2N4O4/c1-20-16-12(18)4-9(5-13(16)19)8-21-22-17(24)15-7-10-6-11(23(25)26)2-3-14(10)27-15/h2-8,20H,1H3,(H,22,24)/b21-8+. The number of nitro groups is 1. The van der Waals surface area contributed by atoms with E-state index >= 15 is 0 Å². The molecule has 0 spiro atoms. The van der Waals surface area contributed by atoms with Gasteiger partial charge >= 0.3 is 5.91 Å². The Hall–Kier alpha value is -2.22. The minimum atomic E-state index is -0.540. The van der Waals surface area contributed by atoms with Crippen molar-refractivity contribution in [2.45, 2.75) is 0 Å². The Morgan fingerprint density at radius 2 is 1.93 bits per heavy atom. The van der Waals surface area contributed by atoms with E-state index in [0.717, 1.165) is 18.4 Å². The van der Waals surface area contributed by atoms with Crippen LogP contribution in [-0.4, -0.2) is 24.1 Å². The van der Waals surface area contributed by atoms with Gasteiger partial charge in [-0.25, -0.2) is 5.43 Å². The number of hydrazone groups is 1. The lowest BCUT2D eigenvalue weighted by Gasteiger charge is -2.07. The van der Waals surface area contributed by atoms with E-state index in [1.165, 1.54) is 30.5 Å². The van der Waals surface area contributed by atoms with Gasteiger partial charge in [-0.05, 0) is 75.0 Å². The van der Waals surface area contributed by atoms with Gasteiger partial charge in [0, 0.05) is 31.7 Å². The zero-order valence-electron chi connectivity index (χ0n) is 13.8. The van der Waals surface area contributed by atoms with E-state index in [2.05, 4.69) is 61.0 Å². The summed E-state index contributed by atoms with van der Waals surface area (Å²) in [5, 5.41) is 18.4. The Balaban J connectivity index is 1.75. The van der Waals surface area contributed by atoms with E-state index in [1.54, 1.807) is 0 Å². The van der Waals surface area contributed by atoms with Gasteiger partial charge in [-0.2, -0.15) is 5.10 Å². The van der Waals surface area contributed by atoms with Crippen LogP contribution in [0.15, 0.2) is 45.9 Å². The Kier molecular flexibility index (Phi) is 5.94. The topological polar surface area (TPSA) is 110 Å². The predicted molar refractivity (Wildman–Crippen MR) is 119 cm³/mol. The lowest BCUT2D eigenvalue weighted by atomic mass is 10.2. The van der Waals surface area contributed by atoms with Gasteiger partial charge in [0.05, 0.1) is 16.8 Å². The first-order valence-electron chi connectivity index (χ1n) is 7.57. The summed E-state index contributed by atoms with van der Waals surface area (Å²) >= 11 is 4.44. The van der Waals surface area contributed by atoms with Crippen LogP contribution in [0.5, 0.6) is 0 Å². The lowest BCUT2D eigenvalue weighted by molar-refractivity contribution is -0.384. The summed E-state index contributed by atoms with van der Waals surface area (Å²) in [6.45, 7) is 0. The van der Waals surface area contributed by atoms with Gasteiger partial charge in [-0.1, -0.05) is 0 Å². The summed E-state index contributed by atoms with van der Waals surface area (Å²) in [5.41, 5.74) is 4.59. The van der Waals surface area contributed by atoms with E-state index in [9.17, 15) is 14.9 Å². The lowest BCUT2D eigenvalue weighted by Crippen LogP contribution is -2.16. The third-order valence-electron chi connectivity index (χ3n) is 3.63. The van der Waals surface area contributed by atoms with Gasteiger partial charge in [0.15, 0.2) is 5.76 Å². The molecule has 3 aromatic rings. The summed E-state index contributed by atoms with van der Waals surface area (Å²) in [6.07, 6.45) is 1.54. The fraction of sp³-hybridized carbons (Fsp3) is 0.0588. The normalized spacial score (nSPS) is 11.1. The number of furan rings is 1. The second-order valence-corrected chi connectivity index (χ2v) is 7.72. The van der Waals surface area contributed by atoms with Crippen molar-refractivity contribution in [3.05, 3.63) is 65.0 Å². The highest BCUT2D eigenvalue weighted by Crippen LogP contribution is 2.26. The van der Waals surface area contributed by atoms with Crippen LogP contribution >= 0.6 is 45.2 Å². The summed E-state index contributed by atoms with van der Waals surface area (Å²) in [7, 11) is 1.86. The molecule has 2 aromatic carbocycles. The van der Waals surface area contributed by atoms with Crippen molar-refractivity contribution in [3.63, 3.8) is 0 Å². The molecule has 1 amide bonds. The molecular formula is C17H12I2N4O4. The molecule has 0 unspecified atom stereocenters. The number of amides is 1. The van der Waals surface area contributed by atoms with Crippen molar-refractivity contribution in [3.8, 4) is 0 Å². The van der Waals surface area contributed by atoms with Crippen LogP contribution < -0.4 is 10.7 Å². The summed E-state index contributed by atoms with van der Waals surface area (Å²) in [5.74, 6) is -0.515. The SMILES string of the molecule is CNc1c(I)cc(/C=N/NC(=O)c2cc3cc([N+](=O)[O-])ccc3o2)cc1I. The molecule has 2 N–H and O–H groups in total. The number of halogens is 2. The minimum absolute atomic E-state index is 0.0253. The van der Waals surface area contributed by atoms with Crippen molar-refractivity contribution in [1.29, 1.82) is 0 Å². The van der Waals surface area contributed by atoms with Crippen LogP contribution in [0.2, 0.25) is 0 Å². The van der Waals surface area contributed by atoms with Gasteiger partial charge in [0.25, 0.3) is 5.69 Å². The number of nitrogens with one attached hydrogen (secondary N) is 2. The second kappa shape index (κ2) is 8.21. The molecule has 138 valence electrons. The van der Waals surface area contributed by atoms with Gasteiger partial charge in [-0.15, -0.1) is 0 Å². The molecule has 1 heterocycles. The van der Waals surface area contributed by atoms with Crippen molar-refractivity contribution in [2.75, 3.05) is 12.4 Å². The highest BCUT2D eigenvalue weighted by atomic mass is 127. The largest absolute Gasteiger partial charge is 0.451 e. The molecule has 8 nitrogen and oxygen atoms in total. The number of rotatable bonds is 5. The molecule has 0 aliphatic heterocycles. The van der Waals surface area contributed by atoms with Crippen molar-refractivity contribution in [2.24, 2.45) is 5.10 Å². The smallest absolute Gasteiger partial charge is 0.307 e. The van der Waals surface area contributed by atoms with E-state index in [4.69, 9.17) is 4.42 Å². The monoisotopic (exact) mass is 590 g/mol. The van der Waals surface area contributed by atoms with Crippen LogP contribution in [0.1, 0.15) is 16.1 Å². The quantitative estimate of drug-likeness (QED) is 0.199. The van der Waals surface area contributed by atoms with Crippen LogP contribution in [0.4, 0.5) is 11.4 Å². The molecule has 0 bridgehead atoms. The Labute approximate surface area is 180 Å². The number of fused-ring (bicyclic) bond motifs is 1. The van der Waals surface area contributed by atoms with Crippen molar-refractivity contribution >= 4 is 79.6 Å². The molecule has 0 aliphatic carbocycles. The number of hydrogen-bond donors (Lipinski definition) is 2. The van der Waals surface area contributed by atoms with Gasteiger partial charge in [0.2, 0.25) is 0 Å². The Bertz CT molecular complexity index is 1050. The summed E-state index contributed by atoms with van der Waals surface area (Å²) < 4.78 is 7.49. The van der Waals surface area contributed by atoms with Crippen LogP contribution in [0.3, 0.4) is 0 Å². The molecule has 0 saturated carbocycles. The van der Waals surface area contributed by atoms with E-state index in [-0.39, 0.29) is 11.4 Å². The second-order valence-electron chi connectivity index (χ2n) is 5.40. The first kappa shape index (κ1) is 19.5. The van der Waals surface area contributed by atoms with Crippen molar-refractivity contribution < 1.29 is 14.1 Å². The zero-order valence-corrected chi connectivity index (χ0v) is 18.1. The number of hydrogen-bond acceptors (Lipinski definition) is 6. The van der Waals surface area contributed by atoms with Crippen LogP contribution in [-0.2, 0) is 0 Å². The first-order valence-corrected chi connectivity index (χ1v) is 9.73. The molecule has 3 rings (SSSR count). The molecule has 10 heteroatoms. The molecule has 0 radical (unpaired) electrons. The minimum Gasteiger partial charge on any atom is -0.451 e. The molecule has 0 aliphatic rings. The maximum absolute atomic E-state index is 12.2. The van der Waals surface area contributed by atoms with Gasteiger partial charge < -0.3 is 9.73 Å². The predicted octanol–water partition coefficient (Wildman–Crippen LogP) is 4.36. The molecule has 27 heavy (non-hydrogen) atoms. The van der Waals surface area contributed by atoms with Crippen molar-refractivity contribution in [1.82, 2.24) is 5.43 Å². The average Bonchev–Trinajstić information content (AvgIpc) is 3.04. The fourth-order valence-electron chi connectivity index (χ4n) is 2.38. The van der Waals surface area contributed by atoms with E-state index in [1.807, 2.05) is 19.2 Å². The number of non-ortho nitro benzene ring substituents is 1. The molecule has 0 atom stereocenters. The first-order chi connectivity index (χ1) is 12.9. The molecule has 0 fully saturated rings. The maximum Gasteiger partial charge on any atom is 0.307 e. The number of benzene rings is 2. The third-order valence-corrected chi connectivity index (χ3v) is 5.33. The van der Waals surface area contributed by atoms with Gasteiger partial charge in [0.1, 0.15) is 5.58 Å². The number of carbonyl (C=O) groups excluding carboxylic acids is 1. The molecular weight excluding hydrogens is 578 g/mol. The average molecular weight is 590 g/mol. The highest BCUT2D eigenvalue weighted by Gasteiger charge is 2.14. The van der Waals surface area contributed by atoms with E-state index in [0.29, 0.717) is 11.0 Å². The number of carbonyl (C=O) groups is 1. The van der Waals surface area contributed by atoms with Gasteiger partial charge in [-0.3, -0.25) is 14.9 Å².